The Morgan fingerprint density at radius 3 is 2.33 bits per heavy atom. The summed E-state index contributed by atoms with van der Waals surface area (Å²) in [6, 6.07) is 0. The van der Waals surface area contributed by atoms with Gasteiger partial charge in [-0.3, -0.25) is 0 Å². The summed E-state index contributed by atoms with van der Waals surface area (Å²) in [5, 5.41) is 47.8. The van der Waals surface area contributed by atoms with E-state index in [-0.39, 0.29) is 6.42 Å². The molecule has 106 valence electrons. The van der Waals surface area contributed by atoms with Crippen molar-refractivity contribution in [3.05, 3.63) is 12.2 Å². The summed E-state index contributed by atoms with van der Waals surface area (Å²) in [7, 11) is 0. The van der Waals surface area contributed by atoms with Gasteiger partial charge >= 0.3 is 0 Å². The van der Waals surface area contributed by atoms with Crippen LogP contribution < -0.4 is 0 Å². The zero-order chi connectivity index (χ0) is 13.7. The van der Waals surface area contributed by atoms with Gasteiger partial charge in [-0.1, -0.05) is 19.1 Å². The average Bonchev–Trinajstić information content (AvgIpc) is 2.36. The maximum Gasteiger partial charge on any atom is 0.113 e. The second-order valence-corrected chi connectivity index (χ2v) is 4.48. The van der Waals surface area contributed by atoms with E-state index in [0.29, 0.717) is 0 Å². The lowest BCUT2D eigenvalue weighted by Crippen LogP contribution is -2.61. The molecule has 0 aromatic heterocycles. The van der Waals surface area contributed by atoms with Gasteiger partial charge in [0, 0.05) is 0 Å². The maximum absolute atomic E-state index is 9.88. The molecule has 6 heteroatoms. The highest BCUT2D eigenvalue weighted by Gasteiger charge is 2.45. The lowest BCUT2D eigenvalue weighted by molar-refractivity contribution is -0.248. The average molecular weight is 262 g/mol. The molecule has 6 atom stereocenters. The van der Waals surface area contributed by atoms with Crippen LogP contribution in [0.5, 0.6) is 0 Å². The predicted molar refractivity (Wildman–Crippen MR) is 63.8 cm³/mol. The summed E-state index contributed by atoms with van der Waals surface area (Å²) in [6.07, 6.45) is -2.48. The Labute approximate surface area is 106 Å². The summed E-state index contributed by atoms with van der Waals surface area (Å²) in [4.78, 5) is 0. The molecule has 1 aliphatic rings. The molecule has 5 N–H and O–H groups in total. The van der Waals surface area contributed by atoms with Crippen molar-refractivity contribution in [3.8, 4) is 0 Å². The minimum Gasteiger partial charge on any atom is -0.394 e. The fourth-order valence-corrected chi connectivity index (χ4v) is 1.98. The Hall–Kier alpha value is -0.500. The second kappa shape index (κ2) is 7.18. The van der Waals surface area contributed by atoms with E-state index < -0.39 is 43.2 Å². The van der Waals surface area contributed by atoms with Crippen LogP contribution in [0, 0.1) is 0 Å². The van der Waals surface area contributed by atoms with Crippen molar-refractivity contribution in [3.63, 3.8) is 0 Å². The highest BCUT2D eigenvalue weighted by Crippen LogP contribution is 2.24. The van der Waals surface area contributed by atoms with Crippen LogP contribution >= 0.6 is 0 Å². The molecule has 0 amide bonds. The first-order chi connectivity index (χ1) is 8.52. The lowest BCUT2D eigenvalue weighted by Gasteiger charge is -2.41. The zero-order valence-electron chi connectivity index (χ0n) is 10.4. The summed E-state index contributed by atoms with van der Waals surface area (Å²) < 4.78 is 5.23. The van der Waals surface area contributed by atoms with E-state index >= 15 is 0 Å². The molecule has 0 aromatic carbocycles. The van der Waals surface area contributed by atoms with Crippen LogP contribution in [0.3, 0.4) is 0 Å². The number of ether oxygens (including phenoxy) is 1. The third-order valence-corrected chi connectivity index (χ3v) is 3.09. The Morgan fingerprint density at radius 2 is 1.78 bits per heavy atom. The van der Waals surface area contributed by atoms with Crippen LogP contribution in [0.15, 0.2) is 12.2 Å². The Balaban J connectivity index is 2.65. The third-order valence-electron chi connectivity index (χ3n) is 3.09. The van der Waals surface area contributed by atoms with Crippen molar-refractivity contribution in [2.45, 2.75) is 56.4 Å². The van der Waals surface area contributed by atoms with Crippen molar-refractivity contribution < 1.29 is 30.3 Å². The Kier molecular flexibility index (Phi) is 6.20. The molecule has 1 fully saturated rings. The molecule has 18 heavy (non-hydrogen) atoms. The van der Waals surface area contributed by atoms with Gasteiger partial charge in [-0.15, -0.1) is 0 Å². The number of aliphatic hydroxyl groups excluding tert-OH is 5. The largest absolute Gasteiger partial charge is 0.394 e. The minimum absolute atomic E-state index is 0.274. The van der Waals surface area contributed by atoms with Gasteiger partial charge in [0.05, 0.1) is 12.7 Å². The Bertz CT molecular complexity index is 267. The normalized spacial score (nSPS) is 39.1. The van der Waals surface area contributed by atoms with Gasteiger partial charge in [-0.2, -0.15) is 0 Å². The van der Waals surface area contributed by atoms with E-state index in [1.54, 1.807) is 6.08 Å². The Morgan fingerprint density at radius 1 is 1.11 bits per heavy atom. The molecule has 1 rings (SSSR count). The molecule has 0 aromatic rings. The molecule has 0 radical (unpaired) electrons. The maximum atomic E-state index is 9.88. The topological polar surface area (TPSA) is 110 Å². The first kappa shape index (κ1) is 15.6. The van der Waals surface area contributed by atoms with E-state index in [1.807, 2.05) is 13.0 Å². The van der Waals surface area contributed by atoms with E-state index in [2.05, 4.69) is 0 Å². The summed E-state index contributed by atoms with van der Waals surface area (Å²) in [5.41, 5.74) is 0. The van der Waals surface area contributed by atoms with E-state index in [1.165, 1.54) is 0 Å². The predicted octanol–water partition coefficient (Wildman–Crippen LogP) is -1.45. The first-order valence-corrected chi connectivity index (χ1v) is 6.16. The van der Waals surface area contributed by atoms with E-state index in [0.717, 1.165) is 6.42 Å². The molecule has 1 saturated heterocycles. The number of rotatable bonds is 5. The smallest absolute Gasteiger partial charge is 0.113 e. The second-order valence-electron chi connectivity index (χ2n) is 4.48. The summed E-state index contributed by atoms with van der Waals surface area (Å²) in [6.45, 7) is 1.47. The van der Waals surface area contributed by atoms with Crippen molar-refractivity contribution in [2.75, 3.05) is 6.61 Å². The molecule has 0 aliphatic carbocycles. The fourth-order valence-electron chi connectivity index (χ4n) is 1.98. The number of aliphatic hydroxyl groups is 5. The van der Waals surface area contributed by atoms with Crippen LogP contribution in [0.4, 0.5) is 0 Å². The minimum atomic E-state index is -1.44. The first-order valence-electron chi connectivity index (χ1n) is 6.16. The van der Waals surface area contributed by atoms with Gasteiger partial charge in [-0.05, 0) is 12.8 Å². The van der Waals surface area contributed by atoms with E-state index in [9.17, 15) is 20.4 Å². The van der Waals surface area contributed by atoms with Crippen LogP contribution in [0.1, 0.15) is 19.8 Å². The van der Waals surface area contributed by atoms with Crippen molar-refractivity contribution in [2.24, 2.45) is 0 Å². The highest BCUT2D eigenvalue weighted by atomic mass is 16.6. The molecule has 1 unspecified atom stereocenters. The number of hydrogen-bond acceptors (Lipinski definition) is 6. The van der Waals surface area contributed by atoms with Gasteiger partial charge < -0.3 is 30.3 Å². The SMILES string of the molecule is CC/C=C\CC(O)[C@@H]1O[C@H](CO)[C@@H](O)[C@H](O)[C@H]1O. The van der Waals surface area contributed by atoms with Crippen molar-refractivity contribution in [1.82, 2.24) is 0 Å². The van der Waals surface area contributed by atoms with Gasteiger partial charge in [0.1, 0.15) is 30.5 Å². The molecular formula is C12H22O6. The van der Waals surface area contributed by atoms with Gasteiger partial charge in [0.25, 0.3) is 0 Å². The monoisotopic (exact) mass is 262 g/mol. The third kappa shape index (κ3) is 3.50. The number of hydrogen-bond donors (Lipinski definition) is 5. The van der Waals surface area contributed by atoms with Crippen LogP contribution in [0.2, 0.25) is 0 Å². The van der Waals surface area contributed by atoms with Crippen molar-refractivity contribution >= 4 is 0 Å². The zero-order valence-corrected chi connectivity index (χ0v) is 10.4. The van der Waals surface area contributed by atoms with Gasteiger partial charge in [0.2, 0.25) is 0 Å². The number of allylic oxidation sites excluding steroid dienone is 1. The van der Waals surface area contributed by atoms with Gasteiger partial charge in [0.15, 0.2) is 0 Å². The van der Waals surface area contributed by atoms with Gasteiger partial charge in [-0.25, -0.2) is 0 Å². The van der Waals surface area contributed by atoms with Crippen molar-refractivity contribution in [1.29, 1.82) is 0 Å². The van der Waals surface area contributed by atoms with Crippen LogP contribution in [0.25, 0.3) is 0 Å². The molecule has 0 saturated carbocycles. The van der Waals surface area contributed by atoms with E-state index in [4.69, 9.17) is 9.84 Å². The standard InChI is InChI=1S/C12H22O6/c1-2-3-4-5-7(14)12-11(17)10(16)9(15)8(6-13)18-12/h3-4,7-17H,2,5-6H2,1H3/b4-3-/t7?,8-,9-,10+,11-,12+/m1/s1. The highest BCUT2D eigenvalue weighted by molar-refractivity contribution is 4.96. The fraction of sp³-hybridized carbons (Fsp3) is 0.833. The van der Waals surface area contributed by atoms with Crippen LogP contribution in [-0.2, 0) is 4.74 Å². The molecule has 1 aliphatic heterocycles. The molecule has 6 nitrogen and oxygen atoms in total. The molecule has 0 bridgehead atoms. The summed E-state index contributed by atoms with van der Waals surface area (Å²) in [5.74, 6) is 0. The quantitative estimate of drug-likeness (QED) is 0.388. The summed E-state index contributed by atoms with van der Waals surface area (Å²) >= 11 is 0. The lowest BCUT2D eigenvalue weighted by atomic mass is 9.91. The molecule has 0 spiro atoms. The van der Waals surface area contributed by atoms with Crippen LogP contribution in [-0.4, -0.2) is 68.8 Å². The molecular weight excluding hydrogens is 240 g/mol. The molecule has 1 heterocycles.